The number of fused-ring (bicyclic) bond motifs is 3. The van der Waals surface area contributed by atoms with Crippen LogP contribution < -0.4 is 15.5 Å². The van der Waals surface area contributed by atoms with Crippen molar-refractivity contribution in [2.45, 2.75) is 32.2 Å². The number of amides is 1. The van der Waals surface area contributed by atoms with Crippen molar-refractivity contribution < 1.29 is 9.53 Å². The molecule has 3 aromatic rings. The van der Waals surface area contributed by atoms with E-state index in [4.69, 9.17) is 4.74 Å². The summed E-state index contributed by atoms with van der Waals surface area (Å²) in [5.74, 6) is 1.27. The second-order valence-corrected chi connectivity index (χ2v) is 8.97. The van der Waals surface area contributed by atoms with Crippen LogP contribution in [-0.2, 0) is 4.79 Å². The fraction of sp³-hybridized carbons (Fsp3) is 0.241. The van der Waals surface area contributed by atoms with Crippen molar-refractivity contribution in [2.24, 2.45) is 11.0 Å². The molecule has 2 N–H and O–H groups in total. The fourth-order valence-electron chi connectivity index (χ4n) is 4.91. The fourth-order valence-corrected chi connectivity index (χ4v) is 4.91. The summed E-state index contributed by atoms with van der Waals surface area (Å²) in [4.78, 5) is 12.3. The lowest BCUT2D eigenvalue weighted by atomic mass is 9.76. The second kappa shape index (κ2) is 9.56. The molecule has 0 radical (unpaired) electrons. The first kappa shape index (κ1) is 22.0. The summed E-state index contributed by atoms with van der Waals surface area (Å²) in [7, 11) is 0. The summed E-state index contributed by atoms with van der Waals surface area (Å²) < 4.78 is 5.61. The number of hydrogen-bond donors (Lipinski definition) is 2. The monoisotopic (exact) mass is 451 g/mol. The molecule has 1 heterocycles. The van der Waals surface area contributed by atoms with Gasteiger partial charge in [-0.1, -0.05) is 66.7 Å². The first-order valence-corrected chi connectivity index (χ1v) is 11.7. The molecule has 172 valence electrons. The number of rotatable bonds is 6. The number of para-hydroxylation sites is 1. The number of hydrogen-bond acceptors (Lipinski definition) is 4. The molecule has 0 fully saturated rings. The zero-order valence-corrected chi connectivity index (χ0v) is 19.5. The van der Waals surface area contributed by atoms with Crippen molar-refractivity contribution in [3.8, 4) is 5.75 Å². The van der Waals surface area contributed by atoms with Gasteiger partial charge in [0, 0.05) is 11.6 Å². The molecule has 2 aliphatic rings. The lowest BCUT2D eigenvalue weighted by Crippen LogP contribution is -2.29. The number of carbonyl (C=O) groups excluding carboxylic acids is 1. The number of anilines is 1. The minimum Gasteiger partial charge on any atom is -0.483 e. The van der Waals surface area contributed by atoms with Gasteiger partial charge in [-0.3, -0.25) is 4.79 Å². The molecule has 0 aromatic heterocycles. The number of nitrogens with zero attached hydrogens (tertiary/aromatic N) is 1. The molecule has 5 rings (SSSR count). The first-order valence-electron chi connectivity index (χ1n) is 11.7. The molecule has 0 unspecified atom stereocenters. The average Bonchev–Trinajstić information content (AvgIpc) is 3.37. The number of nitrogens with one attached hydrogen (secondary N) is 2. The van der Waals surface area contributed by atoms with Gasteiger partial charge in [0.2, 0.25) is 0 Å². The molecule has 1 amide bonds. The highest BCUT2D eigenvalue weighted by Crippen LogP contribution is 2.49. The van der Waals surface area contributed by atoms with Crippen LogP contribution in [0.15, 0.2) is 90.0 Å². The van der Waals surface area contributed by atoms with E-state index >= 15 is 0 Å². The van der Waals surface area contributed by atoms with E-state index < -0.39 is 0 Å². The number of hydrazone groups is 1. The van der Waals surface area contributed by atoms with Crippen molar-refractivity contribution in [1.29, 1.82) is 0 Å². The second-order valence-electron chi connectivity index (χ2n) is 8.97. The molecular weight excluding hydrogens is 422 g/mol. The maximum Gasteiger partial charge on any atom is 0.277 e. The topological polar surface area (TPSA) is 62.7 Å². The first-order chi connectivity index (χ1) is 16.6. The van der Waals surface area contributed by atoms with E-state index in [1.54, 1.807) is 0 Å². The van der Waals surface area contributed by atoms with E-state index in [-0.39, 0.29) is 12.5 Å². The van der Waals surface area contributed by atoms with Gasteiger partial charge in [0.15, 0.2) is 6.61 Å². The Hall–Kier alpha value is -3.86. The van der Waals surface area contributed by atoms with Crippen molar-refractivity contribution >= 4 is 17.3 Å². The molecule has 0 spiro atoms. The van der Waals surface area contributed by atoms with Crippen LogP contribution in [0.4, 0.5) is 5.69 Å². The van der Waals surface area contributed by atoms with E-state index in [0.29, 0.717) is 23.6 Å². The van der Waals surface area contributed by atoms with E-state index in [2.05, 4.69) is 76.5 Å². The molecule has 3 atom stereocenters. The smallest absolute Gasteiger partial charge is 0.277 e. The van der Waals surface area contributed by atoms with Gasteiger partial charge in [0.25, 0.3) is 5.91 Å². The van der Waals surface area contributed by atoms with Crippen molar-refractivity contribution in [2.75, 3.05) is 11.9 Å². The molecule has 34 heavy (non-hydrogen) atoms. The lowest BCUT2D eigenvalue weighted by molar-refractivity contribution is -0.123. The Morgan fingerprint density at radius 2 is 1.88 bits per heavy atom. The van der Waals surface area contributed by atoms with Crippen LogP contribution in [0, 0.1) is 12.8 Å². The molecular formula is C29H29N3O2. The molecule has 0 saturated heterocycles. The van der Waals surface area contributed by atoms with Crippen LogP contribution >= 0.6 is 0 Å². The van der Waals surface area contributed by atoms with E-state index in [1.807, 2.05) is 38.1 Å². The standard InChI is InChI=1S/C29H29N3O2/c1-19-9-6-7-14-27(19)34-18-28(33)32-31-20(2)22-15-16-26-25(17-22)23-12-8-13-24(23)29(30-26)21-10-4-3-5-11-21/h3-12,14-17,23-24,29-30H,13,18H2,1-2H3,(H,32,33)/b31-20-/t23-,24+,29+/m1/s1. The van der Waals surface area contributed by atoms with E-state index in [0.717, 1.165) is 28.9 Å². The van der Waals surface area contributed by atoms with E-state index in [1.165, 1.54) is 11.1 Å². The zero-order chi connectivity index (χ0) is 23.5. The van der Waals surface area contributed by atoms with Gasteiger partial charge < -0.3 is 10.1 Å². The SMILES string of the molecule is C/C(=N/NC(=O)COc1ccccc1C)c1ccc2c(c1)[C@@H]1C=CC[C@@H]1[C@H](c1ccccc1)N2. The summed E-state index contributed by atoms with van der Waals surface area (Å²) in [5.41, 5.74) is 9.14. The Morgan fingerprint density at radius 1 is 1.09 bits per heavy atom. The highest BCUT2D eigenvalue weighted by atomic mass is 16.5. The largest absolute Gasteiger partial charge is 0.483 e. The summed E-state index contributed by atoms with van der Waals surface area (Å²) >= 11 is 0. The van der Waals surface area contributed by atoms with Gasteiger partial charge in [-0.15, -0.1) is 0 Å². The quantitative estimate of drug-likeness (QED) is 0.285. The third-order valence-electron chi connectivity index (χ3n) is 6.74. The van der Waals surface area contributed by atoms with Crippen LogP contribution in [0.1, 0.15) is 47.6 Å². The number of allylic oxidation sites excluding steroid dienone is 2. The maximum absolute atomic E-state index is 12.3. The summed E-state index contributed by atoms with van der Waals surface area (Å²) in [6.45, 7) is 3.78. The van der Waals surface area contributed by atoms with Gasteiger partial charge in [-0.2, -0.15) is 5.10 Å². The van der Waals surface area contributed by atoms with Gasteiger partial charge in [-0.25, -0.2) is 5.43 Å². The molecule has 5 heteroatoms. The van der Waals surface area contributed by atoms with Crippen LogP contribution in [0.3, 0.4) is 0 Å². The van der Waals surface area contributed by atoms with Crippen molar-refractivity contribution in [3.05, 3.63) is 107 Å². The number of ether oxygens (including phenoxy) is 1. The normalized spacial score (nSPS) is 20.8. The summed E-state index contributed by atoms with van der Waals surface area (Å²) in [5, 5.41) is 8.10. The maximum atomic E-state index is 12.3. The predicted molar refractivity (Wildman–Crippen MR) is 136 cm³/mol. The molecule has 0 saturated carbocycles. The Kier molecular flexibility index (Phi) is 6.17. The predicted octanol–water partition coefficient (Wildman–Crippen LogP) is 5.74. The minimum atomic E-state index is -0.285. The molecule has 3 aromatic carbocycles. The van der Waals surface area contributed by atoms with Crippen LogP contribution in [0.25, 0.3) is 0 Å². The minimum absolute atomic E-state index is 0.0782. The molecule has 0 bridgehead atoms. The summed E-state index contributed by atoms with van der Waals surface area (Å²) in [6, 6.07) is 25.0. The third-order valence-corrected chi connectivity index (χ3v) is 6.74. The highest BCUT2D eigenvalue weighted by Gasteiger charge is 2.37. The van der Waals surface area contributed by atoms with Gasteiger partial charge >= 0.3 is 0 Å². The van der Waals surface area contributed by atoms with Crippen LogP contribution in [-0.4, -0.2) is 18.2 Å². The lowest BCUT2D eigenvalue weighted by Gasteiger charge is -2.37. The molecule has 1 aliphatic heterocycles. The Morgan fingerprint density at radius 3 is 2.71 bits per heavy atom. The Labute approximate surface area is 200 Å². The van der Waals surface area contributed by atoms with E-state index in [9.17, 15) is 4.79 Å². The highest BCUT2D eigenvalue weighted by molar-refractivity contribution is 6.00. The van der Waals surface area contributed by atoms with Crippen molar-refractivity contribution in [1.82, 2.24) is 5.43 Å². The number of benzene rings is 3. The van der Waals surface area contributed by atoms with Crippen LogP contribution in [0.2, 0.25) is 0 Å². The van der Waals surface area contributed by atoms with Gasteiger partial charge in [-0.05, 0) is 66.6 Å². The number of aryl methyl sites for hydroxylation is 1. The van der Waals surface area contributed by atoms with Gasteiger partial charge in [0.1, 0.15) is 5.75 Å². The zero-order valence-electron chi connectivity index (χ0n) is 19.5. The Bertz CT molecular complexity index is 1250. The summed E-state index contributed by atoms with van der Waals surface area (Å²) in [6.07, 6.45) is 5.69. The van der Waals surface area contributed by atoms with Gasteiger partial charge in [0.05, 0.1) is 11.8 Å². The molecule has 5 nitrogen and oxygen atoms in total. The average molecular weight is 452 g/mol. The molecule has 1 aliphatic carbocycles. The number of carbonyl (C=O) groups is 1. The van der Waals surface area contributed by atoms with Crippen molar-refractivity contribution in [3.63, 3.8) is 0 Å². The van der Waals surface area contributed by atoms with Crippen LogP contribution in [0.5, 0.6) is 5.75 Å². The Balaban J connectivity index is 1.29. The third kappa shape index (κ3) is 4.46.